The van der Waals surface area contributed by atoms with E-state index in [1.54, 1.807) is 0 Å². The van der Waals surface area contributed by atoms with Gasteiger partial charge in [-0.15, -0.1) is 0 Å². The van der Waals surface area contributed by atoms with Crippen molar-refractivity contribution in [3.8, 4) is 0 Å². The predicted octanol–water partition coefficient (Wildman–Crippen LogP) is 0.230. The summed E-state index contributed by atoms with van der Waals surface area (Å²) in [6.07, 6.45) is 3.69. The van der Waals surface area contributed by atoms with Crippen molar-refractivity contribution in [2.75, 3.05) is 53.9 Å². The smallest absolute Gasteiger partial charge is 0.0585 e. The summed E-state index contributed by atoms with van der Waals surface area (Å²) in [5.74, 6) is 0.874. The van der Waals surface area contributed by atoms with Gasteiger partial charge in [-0.3, -0.25) is 0 Å². The number of likely N-dealkylation sites (N-methyl/N-ethyl adjacent to an activating group) is 1. The Bertz CT molecular complexity index is 187. The summed E-state index contributed by atoms with van der Waals surface area (Å²) in [5.41, 5.74) is 0. The van der Waals surface area contributed by atoms with E-state index in [4.69, 9.17) is 5.11 Å². The largest absolute Gasteiger partial charge is 0.395 e. The average Bonchev–Trinajstić information content (AvgIpc) is 2.32. The molecular weight excluding hydrogens is 214 g/mol. The molecule has 4 heteroatoms. The number of aliphatic hydroxyl groups is 1. The third-order valence-corrected chi connectivity index (χ3v) is 3.75. The van der Waals surface area contributed by atoms with E-state index in [1.807, 2.05) is 7.05 Å². The van der Waals surface area contributed by atoms with Crippen molar-refractivity contribution in [2.24, 2.45) is 5.92 Å². The van der Waals surface area contributed by atoms with Crippen LogP contribution in [0.2, 0.25) is 0 Å². The van der Waals surface area contributed by atoms with E-state index in [9.17, 15) is 0 Å². The lowest BCUT2D eigenvalue weighted by Gasteiger charge is -2.33. The van der Waals surface area contributed by atoms with Crippen LogP contribution in [0, 0.1) is 5.92 Å². The molecule has 1 aliphatic heterocycles. The third kappa shape index (κ3) is 5.82. The molecule has 0 aromatic heterocycles. The van der Waals surface area contributed by atoms with Crippen LogP contribution in [-0.2, 0) is 0 Å². The van der Waals surface area contributed by atoms with Gasteiger partial charge in [-0.1, -0.05) is 0 Å². The topological polar surface area (TPSA) is 38.7 Å². The highest BCUT2D eigenvalue weighted by molar-refractivity contribution is 4.75. The van der Waals surface area contributed by atoms with Crippen molar-refractivity contribution in [3.63, 3.8) is 0 Å². The van der Waals surface area contributed by atoms with Crippen molar-refractivity contribution in [1.29, 1.82) is 0 Å². The molecule has 1 heterocycles. The number of rotatable bonds is 7. The van der Waals surface area contributed by atoms with Crippen LogP contribution in [0.25, 0.3) is 0 Å². The minimum absolute atomic E-state index is 0.244. The predicted molar refractivity (Wildman–Crippen MR) is 72.3 cm³/mol. The molecule has 1 atom stereocenters. The summed E-state index contributed by atoms with van der Waals surface area (Å²) in [6, 6.07) is 0.259. The van der Waals surface area contributed by atoms with Crippen molar-refractivity contribution >= 4 is 0 Å². The maximum Gasteiger partial charge on any atom is 0.0585 e. The highest BCUT2D eigenvalue weighted by Crippen LogP contribution is 2.17. The van der Waals surface area contributed by atoms with Crippen LogP contribution in [0.1, 0.15) is 19.3 Å². The second-order valence-corrected chi connectivity index (χ2v) is 5.50. The van der Waals surface area contributed by atoms with Gasteiger partial charge in [0.2, 0.25) is 0 Å². The summed E-state index contributed by atoms with van der Waals surface area (Å²) >= 11 is 0. The van der Waals surface area contributed by atoms with E-state index in [2.05, 4.69) is 29.2 Å². The van der Waals surface area contributed by atoms with E-state index in [0.717, 1.165) is 18.9 Å². The maximum atomic E-state index is 9.11. The molecule has 1 fully saturated rings. The minimum Gasteiger partial charge on any atom is -0.395 e. The van der Waals surface area contributed by atoms with Gasteiger partial charge in [-0.05, 0) is 66.0 Å². The number of nitrogens with zero attached hydrogens (tertiary/aromatic N) is 2. The number of likely N-dealkylation sites (tertiary alicyclic amines) is 1. The first kappa shape index (κ1) is 14.9. The molecule has 1 saturated heterocycles. The Morgan fingerprint density at radius 2 is 2.00 bits per heavy atom. The number of hydrogen-bond donors (Lipinski definition) is 2. The van der Waals surface area contributed by atoms with Gasteiger partial charge in [0.25, 0.3) is 0 Å². The fraction of sp³-hybridized carbons (Fsp3) is 1.00. The number of nitrogens with one attached hydrogen (secondary N) is 1. The summed E-state index contributed by atoms with van der Waals surface area (Å²) < 4.78 is 0. The second kappa shape index (κ2) is 8.03. The molecule has 0 aromatic carbocycles. The van der Waals surface area contributed by atoms with Crippen LogP contribution in [0.5, 0.6) is 0 Å². The molecule has 17 heavy (non-hydrogen) atoms. The maximum absolute atomic E-state index is 9.11. The molecule has 0 amide bonds. The van der Waals surface area contributed by atoms with Crippen molar-refractivity contribution in [2.45, 2.75) is 25.3 Å². The van der Waals surface area contributed by atoms with Gasteiger partial charge in [-0.2, -0.15) is 0 Å². The number of aliphatic hydroxyl groups excluding tert-OH is 1. The first-order valence-electron chi connectivity index (χ1n) is 6.81. The van der Waals surface area contributed by atoms with Gasteiger partial charge >= 0.3 is 0 Å². The lowest BCUT2D eigenvalue weighted by atomic mass is 9.96. The van der Waals surface area contributed by atoms with Crippen LogP contribution in [0.3, 0.4) is 0 Å². The monoisotopic (exact) mass is 243 g/mol. The average molecular weight is 243 g/mol. The number of hydrogen-bond acceptors (Lipinski definition) is 4. The fourth-order valence-electron chi connectivity index (χ4n) is 2.57. The van der Waals surface area contributed by atoms with E-state index in [-0.39, 0.29) is 12.6 Å². The van der Waals surface area contributed by atoms with E-state index in [0.29, 0.717) is 0 Å². The Hall–Kier alpha value is -0.160. The quantitative estimate of drug-likeness (QED) is 0.671. The summed E-state index contributed by atoms with van der Waals surface area (Å²) in [5, 5.41) is 12.3. The van der Waals surface area contributed by atoms with Crippen LogP contribution in [0.15, 0.2) is 0 Å². The minimum atomic E-state index is 0.244. The SMILES string of the molecule is CNC(CO)CCN1CCC(CN(C)C)CC1. The zero-order valence-electron chi connectivity index (χ0n) is 11.7. The molecule has 0 aliphatic carbocycles. The Morgan fingerprint density at radius 1 is 1.35 bits per heavy atom. The standard InChI is InChI=1S/C13H29N3O/c1-14-13(11-17)6-9-16-7-4-12(5-8-16)10-15(2)3/h12-14,17H,4-11H2,1-3H3. The molecule has 0 bridgehead atoms. The summed E-state index contributed by atoms with van der Waals surface area (Å²) in [6.45, 7) is 5.03. The van der Waals surface area contributed by atoms with Gasteiger partial charge in [0.05, 0.1) is 6.61 Å². The molecule has 1 unspecified atom stereocenters. The first-order valence-corrected chi connectivity index (χ1v) is 6.81. The van der Waals surface area contributed by atoms with Crippen molar-refractivity contribution < 1.29 is 5.11 Å². The molecule has 1 rings (SSSR count). The molecule has 0 spiro atoms. The van der Waals surface area contributed by atoms with Crippen LogP contribution >= 0.6 is 0 Å². The van der Waals surface area contributed by atoms with Gasteiger partial charge in [0.15, 0.2) is 0 Å². The van der Waals surface area contributed by atoms with Crippen LogP contribution in [-0.4, -0.2) is 74.9 Å². The first-order chi connectivity index (χ1) is 8.15. The van der Waals surface area contributed by atoms with Gasteiger partial charge in [0, 0.05) is 12.6 Å². The molecule has 0 radical (unpaired) electrons. The van der Waals surface area contributed by atoms with Crippen molar-refractivity contribution in [1.82, 2.24) is 15.1 Å². The Kier molecular flexibility index (Phi) is 7.04. The Balaban J connectivity index is 2.14. The third-order valence-electron chi connectivity index (χ3n) is 3.75. The van der Waals surface area contributed by atoms with Gasteiger partial charge in [0.1, 0.15) is 0 Å². The highest BCUT2D eigenvalue weighted by Gasteiger charge is 2.19. The summed E-state index contributed by atoms with van der Waals surface area (Å²) in [4.78, 5) is 4.83. The Morgan fingerprint density at radius 3 is 2.47 bits per heavy atom. The van der Waals surface area contributed by atoms with Crippen LogP contribution < -0.4 is 5.32 Å². The zero-order chi connectivity index (χ0) is 12.7. The molecular formula is C13H29N3O. The van der Waals surface area contributed by atoms with Crippen molar-refractivity contribution in [3.05, 3.63) is 0 Å². The zero-order valence-corrected chi connectivity index (χ0v) is 11.7. The summed E-state index contributed by atoms with van der Waals surface area (Å²) in [7, 11) is 6.24. The second-order valence-electron chi connectivity index (χ2n) is 5.50. The molecule has 0 aromatic rings. The molecule has 102 valence electrons. The normalized spacial score (nSPS) is 21.0. The highest BCUT2D eigenvalue weighted by atomic mass is 16.3. The fourth-order valence-corrected chi connectivity index (χ4v) is 2.57. The van der Waals surface area contributed by atoms with Crippen LogP contribution in [0.4, 0.5) is 0 Å². The molecule has 0 saturated carbocycles. The van der Waals surface area contributed by atoms with E-state index < -0.39 is 0 Å². The molecule has 4 nitrogen and oxygen atoms in total. The molecule has 2 N–H and O–H groups in total. The number of piperidine rings is 1. The van der Waals surface area contributed by atoms with E-state index in [1.165, 1.54) is 32.5 Å². The van der Waals surface area contributed by atoms with E-state index >= 15 is 0 Å². The van der Waals surface area contributed by atoms with Gasteiger partial charge < -0.3 is 20.2 Å². The Labute approximate surface area is 106 Å². The lowest BCUT2D eigenvalue weighted by molar-refractivity contribution is 0.150. The van der Waals surface area contributed by atoms with Gasteiger partial charge in [-0.25, -0.2) is 0 Å². The lowest BCUT2D eigenvalue weighted by Crippen LogP contribution is -2.40. The molecule has 1 aliphatic rings.